The van der Waals surface area contributed by atoms with Crippen molar-refractivity contribution in [3.63, 3.8) is 0 Å². The molecule has 0 heterocycles. The molecule has 27 heavy (non-hydrogen) atoms. The van der Waals surface area contributed by atoms with Crippen molar-refractivity contribution in [1.82, 2.24) is 0 Å². The van der Waals surface area contributed by atoms with Crippen molar-refractivity contribution >= 4 is 9.84 Å². The van der Waals surface area contributed by atoms with E-state index in [4.69, 9.17) is 0 Å². The summed E-state index contributed by atoms with van der Waals surface area (Å²) in [4.78, 5) is 0.0106. The molecular weight excluding hydrogens is 372 g/mol. The Balaban J connectivity index is 1.90. The minimum Gasteiger partial charge on any atom is -0.393 e. The van der Waals surface area contributed by atoms with Crippen LogP contribution in [0, 0.1) is 28.9 Å². The topological polar surface area (TPSA) is 78.2 Å². The number of aliphatic hydroxyl groups excluding tert-OH is 1. The summed E-state index contributed by atoms with van der Waals surface area (Å²) < 4.78 is 52.6. The van der Waals surface area contributed by atoms with Gasteiger partial charge in [0.1, 0.15) is 11.6 Å². The Bertz CT molecular complexity index is 991. The summed E-state index contributed by atoms with van der Waals surface area (Å²) in [6.45, 7) is 0. The molecule has 0 amide bonds. The summed E-state index contributed by atoms with van der Waals surface area (Å²) in [6, 6.07) is 8.91. The van der Waals surface area contributed by atoms with Gasteiger partial charge >= 0.3 is 0 Å². The highest BCUT2D eigenvalue weighted by Gasteiger charge is 2.26. The Kier molecular flexibility index (Phi) is 5.59. The number of benzene rings is 2. The van der Waals surface area contributed by atoms with Gasteiger partial charge in [0.05, 0.1) is 28.4 Å². The first-order chi connectivity index (χ1) is 12.8. The summed E-state index contributed by atoms with van der Waals surface area (Å²) in [5.41, 5.74) is 0.272. The van der Waals surface area contributed by atoms with E-state index in [0.717, 1.165) is 12.1 Å². The lowest BCUT2D eigenvalue weighted by Gasteiger charge is -2.25. The molecule has 0 spiro atoms. The molecule has 2 aromatic carbocycles. The van der Waals surface area contributed by atoms with E-state index < -0.39 is 21.5 Å². The molecule has 0 saturated heterocycles. The van der Waals surface area contributed by atoms with Crippen molar-refractivity contribution in [3.8, 4) is 17.2 Å². The lowest BCUT2D eigenvalue weighted by Crippen LogP contribution is -2.24. The van der Waals surface area contributed by atoms with Crippen LogP contribution in [0.3, 0.4) is 0 Å². The first-order valence-electron chi connectivity index (χ1n) is 8.70. The number of nitrogens with zero attached hydrogens (tertiary/aromatic N) is 1. The molecule has 0 unspecified atom stereocenters. The van der Waals surface area contributed by atoms with Gasteiger partial charge in [-0.2, -0.15) is 5.26 Å². The van der Waals surface area contributed by atoms with Gasteiger partial charge in [0, 0.05) is 17.2 Å². The van der Waals surface area contributed by atoms with Crippen LogP contribution >= 0.6 is 0 Å². The molecule has 1 aliphatic rings. The van der Waals surface area contributed by atoms with Crippen LogP contribution in [0.1, 0.15) is 31.2 Å². The van der Waals surface area contributed by atoms with E-state index in [0.29, 0.717) is 25.7 Å². The van der Waals surface area contributed by atoms with E-state index in [1.165, 1.54) is 24.3 Å². The smallest absolute Gasteiger partial charge is 0.178 e. The van der Waals surface area contributed by atoms with Gasteiger partial charge in [-0.3, -0.25) is 0 Å². The van der Waals surface area contributed by atoms with Crippen LogP contribution in [0.15, 0.2) is 41.3 Å². The lowest BCUT2D eigenvalue weighted by atomic mass is 9.89. The van der Waals surface area contributed by atoms with Crippen molar-refractivity contribution in [1.29, 1.82) is 5.26 Å². The number of rotatable bonds is 4. The number of halogens is 2. The maximum atomic E-state index is 14.0. The second kappa shape index (κ2) is 7.75. The number of aliphatic hydroxyl groups is 1. The third-order valence-electron chi connectivity index (χ3n) is 4.96. The molecule has 2 aromatic rings. The Morgan fingerprint density at radius 2 is 1.70 bits per heavy atom. The maximum Gasteiger partial charge on any atom is 0.178 e. The van der Waals surface area contributed by atoms with E-state index in [1.807, 2.05) is 6.07 Å². The van der Waals surface area contributed by atoms with Crippen LogP contribution in [0.2, 0.25) is 0 Å². The SMILES string of the molecule is N#Cc1cc(S(=O)(=O)CC2CCC(O)CC2)ccc1-c1ccc(F)cc1F. The molecule has 1 aliphatic carbocycles. The normalized spacial score (nSPS) is 20.2. The zero-order valence-corrected chi connectivity index (χ0v) is 15.3. The largest absolute Gasteiger partial charge is 0.393 e. The van der Waals surface area contributed by atoms with Gasteiger partial charge < -0.3 is 5.11 Å². The third-order valence-corrected chi connectivity index (χ3v) is 6.85. The molecule has 1 N–H and O–H groups in total. The Hall–Kier alpha value is -2.30. The molecule has 0 radical (unpaired) electrons. The van der Waals surface area contributed by atoms with Crippen molar-refractivity contribution in [3.05, 3.63) is 53.6 Å². The van der Waals surface area contributed by atoms with E-state index >= 15 is 0 Å². The van der Waals surface area contributed by atoms with Gasteiger partial charge in [0.2, 0.25) is 0 Å². The summed E-state index contributed by atoms with van der Waals surface area (Å²) >= 11 is 0. The van der Waals surface area contributed by atoms with Crippen LogP contribution in [0.4, 0.5) is 8.78 Å². The molecule has 3 rings (SSSR count). The van der Waals surface area contributed by atoms with Gasteiger partial charge in [0.15, 0.2) is 9.84 Å². The third kappa shape index (κ3) is 4.34. The first-order valence-corrected chi connectivity index (χ1v) is 10.4. The number of hydrogen-bond donors (Lipinski definition) is 1. The van der Waals surface area contributed by atoms with Gasteiger partial charge in [-0.25, -0.2) is 17.2 Å². The number of hydrogen-bond acceptors (Lipinski definition) is 4. The van der Waals surface area contributed by atoms with Crippen molar-refractivity contribution < 1.29 is 22.3 Å². The van der Waals surface area contributed by atoms with Crippen molar-refractivity contribution in [2.45, 2.75) is 36.7 Å². The Morgan fingerprint density at radius 1 is 1.04 bits per heavy atom. The fourth-order valence-corrected chi connectivity index (χ4v) is 5.19. The van der Waals surface area contributed by atoms with Gasteiger partial charge in [0.25, 0.3) is 0 Å². The molecule has 1 saturated carbocycles. The van der Waals surface area contributed by atoms with E-state index in [9.17, 15) is 27.6 Å². The Labute approximate surface area is 157 Å². The average Bonchev–Trinajstić information content (AvgIpc) is 2.63. The fourth-order valence-electron chi connectivity index (χ4n) is 3.47. The molecule has 4 nitrogen and oxygen atoms in total. The molecule has 142 valence electrons. The fraction of sp³-hybridized carbons (Fsp3) is 0.350. The summed E-state index contributed by atoms with van der Waals surface area (Å²) in [5, 5.41) is 18.9. The van der Waals surface area contributed by atoms with Crippen molar-refractivity contribution in [2.24, 2.45) is 5.92 Å². The standard InChI is InChI=1S/C20H19F2NO3S/c21-15-3-7-19(20(22)10-15)18-8-6-17(9-14(18)11-23)27(25,26)12-13-1-4-16(24)5-2-13/h3,6-10,13,16,24H,1-2,4-5,12H2. The van der Waals surface area contributed by atoms with E-state index in [1.54, 1.807) is 0 Å². The number of sulfone groups is 1. The van der Waals surface area contributed by atoms with Crippen molar-refractivity contribution in [2.75, 3.05) is 5.75 Å². The van der Waals surface area contributed by atoms with Gasteiger partial charge in [-0.1, -0.05) is 6.07 Å². The number of nitriles is 1. The van der Waals surface area contributed by atoms with Gasteiger partial charge in [-0.05, 0) is 55.9 Å². The van der Waals surface area contributed by atoms with Crippen LogP contribution in [-0.4, -0.2) is 25.4 Å². The zero-order chi connectivity index (χ0) is 19.6. The minimum atomic E-state index is -3.61. The zero-order valence-electron chi connectivity index (χ0n) is 14.5. The highest BCUT2D eigenvalue weighted by molar-refractivity contribution is 7.91. The Morgan fingerprint density at radius 3 is 2.33 bits per heavy atom. The lowest BCUT2D eigenvalue weighted by molar-refractivity contribution is 0.113. The molecule has 0 atom stereocenters. The molecular formula is C20H19F2NO3S. The van der Waals surface area contributed by atoms with E-state index in [2.05, 4.69) is 0 Å². The first kappa shape index (κ1) is 19.5. The second-order valence-corrected chi connectivity index (χ2v) is 8.93. The summed E-state index contributed by atoms with van der Waals surface area (Å²) in [5.74, 6) is -1.62. The molecule has 0 aromatic heterocycles. The van der Waals surface area contributed by atoms with E-state index in [-0.39, 0.29) is 39.4 Å². The summed E-state index contributed by atoms with van der Waals surface area (Å²) in [6.07, 6.45) is 2.10. The predicted molar refractivity (Wildman–Crippen MR) is 96.5 cm³/mol. The highest BCUT2D eigenvalue weighted by atomic mass is 32.2. The minimum absolute atomic E-state index is 0.0106. The predicted octanol–water partition coefficient (Wildman–Crippen LogP) is 3.83. The summed E-state index contributed by atoms with van der Waals surface area (Å²) in [7, 11) is -3.61. The monoisotopic (exact) mass is 391 g/mol. The molecule has 0 bridgehead atoms. The maximum absolute atomic E-state index is 14.0. The van der Waals surface area contributed by atoms with Crippen LogP contribution in [-0.2, 0) is 9.84 Å². The second-order valence-electron chi connectivity index (χ2n) is 6.90. The molecule has 1 fully saturated rings. The highest BCUT2D eigenvalue weighted by Crippen LogP contribution is 2.31. The van der Waals surface area contributed by atoms with Crippen LogP contribution < -0.4 is 0 Å². The quantitative estimate of drug-likeness (QED) is 0.859. The average molecular weight is 391 g/mol. The van der Waals surface area contributed by atoms with Crippen LogP contribution in [0.5, 0.6) is 0 Å². The molecule has 0 aliphatic heterocycles. The van der Waals surface area contributed by atoms with Crippen LogP contribution in [0.25, 0.3) is 11.1 Å². The molecule has 7 heteroatoms. The van der Waals surface area contributed by atoms with Gasteiger partial charge in [-0.15, -0.1) is 0 Å².